The molecule has 5 nitrogen and oxygen atoms in total. The maximum absolute atomic E-state index is 6.41. The van der Waals surface area contributed by atoms with Crippen LogP contribution in [0.4, 0.5) is 0 Å². The predicted molar refractivity (Wildman–Crippen MR) is 129 cm³/mol. The quantitative estimate of drug-likeness (QED) is 0.463. The number of nitrogens with zero attached hydrogens (tertiary/aromatic N) is 4. The Bertz CT molecular complexity index is 466. The molecule has 0 amide bonds. The highest BCUT2D eigenvalue weighted by atomic mass is 16.5. The SMILES string of the molecule is CCCN1CCN(C(C)(C)CCOC(C)(C)CCN(C)N2CCC(CC)CC2)CC1. The van der Waals surface area contributed by atoms with Gasteiger partial charge in [-0.1, -0.05) is 20.3 Å². The number of hydrogen-bond acceptors (Lipinski definition) is 5. The average Bonchev–Trinajstić information content (AvgIpc) is 2.72. The second kappa shape index (κ2) is 12.2. The number of ether oxygens (including phenoxy) is 1. The first-order valence-corrected chi connectivity index (χ1v) is 12.7. The van der Waals surface area contributed by atoms with Crippen molar-refractivity contribution in [1.82, 2.24) is 19.8 Å². The van der Waals surface area contributed by atoms with Gasteiger partial charge in [-0.15, -0.1) is 0 Å². The molecule has 0 atom stereocenters. The van der Waals surface area contributed by atoms with Crippen LogP contribution in [0, 0.1) is 5.92 Å². The van der Waals surface area contributed by atoms with Crippen molar-refractivity contribution in [3.05, 3.63) is 0 Å². The van der Waals surface area contributed by atoms with Crippen LogP contribution in [-0.2, 0) is 4.74 Å². The van der Waals surface area contributed by atoms with E-state index in [9.17, 15) is 0 Å². The molecule has 2 rings (SSSR count). The molecule has 0 N–H and O–H groups in total. The highest BCUT2D eigenvalue weighted by molar-refractivity contribution is 4.86. The van der Waals surface area contributed by atoms with Gasteiger partial charge in [-0.2, -0.15) is 0 Å². The summed E-state index contributed by atoms with van der Waals surface area (Å²) in [7, 11) is 2.25. The Morgan fingerprint density at radius 2 is 1.53 bits per heavy atom. The van der Waals surface area contributed by atoms with E-state index in [4.69, 9.17) is 4.74 Å². The van der Waals surface area contributed by atoms with Gasteiger partial charge < -0.3 is 9.64 Å². The normalized spacial score (nSPS) is 21.6. The monoisotopic (exact) mass is 424 g/mol. The van der Waals surface area contributed by atoms with Crippen molar-refractivity contribution in [2.45, 2.75) is 91.2 Å². The van der Waals surface area contributed by atoms with E-state index in [2.05, 4.69) is 68.4 Å². The topological polar surface area (TPSA) is 22.2 Å². The van der Waals surface area contributed by atoms with Crippen LogP contribution in [-0.4, -0.2) is 97.0 Å². The Kier molecular flexibility index (Phi) is 10.6. The molecule has 0 aliphatic carbocycles. The summed E-state index contributed by atoms with van der Waals surface area (Å²) in [6.07, 6.45) is 7.48. The summed E-state index contributed by atoms with van der Waals surface area (Å²) in [5, 5.41) is 4.99. The van der Waals surface area contributed by atoms with Crippen LogP contribution < -0.4 is 0 Å². The summed E-state index contributed by atoms with van der Waals surface area (Å²) < 4.78 is 6.41. The van der Waals surface area contributed by atoms with Crippen LogP contribution in [0.2, 0.25) is 0 Å². The van der Waals surface area contributed by atoms with E-state index < -0.39 is 0 Å². The van der Waals surface area contributed by atoms with E-state index in [1.165, 1.54) is 71.5 Å². The number of piperazine rings is 1. The molecule has 2 saturated heterocycles. The number of hydrazine groups is 1. The number of piperidine rings is 1. The van der Waals surface area contributed by atoms with Gasteiger partial charge in [0.1, 0.15) is 0 Å². The lowest BCUT2D eigenvalue weighted by Gasteiger charge is -2.44. The van der Waals surface area contributed by atoms with E-state index in [0.29, 0.717) is 0 Å². The van der Waals surface area contributed by atoms with E-state index in [1.807, 2.05) is 0 Å². The van der Waals surface area contributed by atoms with Gasteiger partial charge in [0.15, 0.2) is 0 Å². The average molecular weight is 425 g/mol. The van der Waals surface area contributed by atoms with Crippen LogP contribution in [0.3, 0.4) is 0 Å². The summed E-state index contributed by atoms with van der Waals surface area (Å²) in [6.45, 7) is 24.3. The van der Waals surface area contributed by atoms with E-state index in [1.54, 1.807) is 0 Å². The van der Waals surface area contributed by atoms with E-state index in [0.717, 1.165) is 31.9 Å². The molecule has 2 fully saturated rings. The molecule has 5 heteroatoms. The van der Waals surface area contributed by atoms with Gasteiger partial charge in [-0.05, 0) is 72.3 Å². The van der Waals surface area contributed by atoms with Crippen molar-refractivity contribution < 1.29 is 4.74 Å². The standard InChI is InChI=1S/C25H52N4O/c1-8-14-27-18-20-28(21-19-27)24(3,4)13-22-30-25(5,6)12-17-26(7)29-15-10-23(9-2)11-16-29/h23H,8-22H2,1-7H3. The summed E-state index contributed by atoms with van der Waals surface area (Å²) in [4.78, 5) is 5.27. The zero-order valence-electron chi connectivity index (χ0n) is 21.4. The fourth-order valence-corrected chi connectivity index (χ4v) is 4.94. The predicted octanol–water partition coefficient (Wildman–Crippen LogP) is 4.34. The second-order valence-electron chi connectivity index (χ2n) is 10.9. The highest BCUT2D eigenvalue weighted by Crippen LogP contribution is 2.24. The summed E-state index contributed by atoms with van der Waals surface area (Å²) in [5.74, 6) is 0.937. The minimum Gasteiger partial charge on any atom is -0.375 e. The van der Waals surface area contributed by atoms with Gasteiger partial charge in [0, 0.05) is 65.0 Å². The molecule has 0 aromatic rings. The number of rotatable bonds is 12. The van der Waals surface area contributed by atoms with Crippen molar-refractivity contribution in [3.63, 3.8) is 0 Å². The Hall–Kier alpha value is -0.200. The first kappa shape index (κ1) is 26.1. The minimum atomic E-state index is -0.0636. The molecular formula is C25H52N4O. The van der Waals surface area contributed by atoms with Crippen molar-refractivity contribution in [3.8, 4) is 0 Å². The van der Waals surface area contributed by atoms with Crippen molar-refractivity contribution in [2.75, 3.05) is 66.0 Å². The third-order valence-electron chi connectivity index (χ3n) is 7.66. The zero-order valence-corrected chi connectivity index (χ0v) is 21.4. The van der Waals surface area contributed by atoms with Crippen molar-refractivity contribution in [1.29, 1.82) is 0 Å². The largest absolute Gasteiger partial charge is 0.375 e. The van der Waals surface area contributed by atoms with E-state index >= 15 is 0 Å². The van der Waals surface area contributed by atoms with Gasteiger partial charge in [0.05, 0.1) is 5.60 Å². The molecule has 2 aliphatic rings. The minimum absolute atomic E-state index is 0.0636. The van der Waals surface area contributed by atoms with Crippen molar-refractivity contribution >= 4 is 0 Å². The smallest absolute Gasteiger partial charge is 0.0639 e. The van der Waals surface area contributed by atoms with Crippen molar-refractivity contribution in [2.24, 2.45) is 5.92 Å². The first-order chi connectivity index (χ1) is 14.2. The first-order valence-electron chi connectivity index (χ1n) is 12.7. The van der Waals surface area contributed by atoms with Gasteiger partial charge in [-0.25, -0.2) is 10.0 Å². The Morgan fingerprint density at radius 3 is 2.10 bits per heavy atom. The molecule has 30 heavy (non-hydrogen) atoms. The van der Waals surface area contributed by atoms with Crippen LogP contribution >= 0.6 is 0 Å². The third kappa shape index (κ3) is 8.38. The molecule has 2 aliphatic heterocycles. The molecule has 0 aromatic carbocycles. The molecule has 0 radical (unpaired) electrons. The van der Waals surface area contributed by atoms with E-state index in [-0.39, 0.29) is 11.1 Å². The van der Waals surface area contributed by atoms with Crippen LogP contribution in [0.1, 0.15) is 80.1 Å². The molecular weight excluding hydrogens is 372 g/mol. The Balaban J connectivity index is 1.66. The van der Waals surface area contributed by atoms with Gasteiger partial charge >= 0.3 is 0 Å². The summed E-state index contributed by atoms with van der Waals surface area (Å²) in [6, 6.07) is 0. The van der Waals surface area contributed by atoms with Crippen LogP contribution in [0.15, 0.2) is 0 Å². The zero-order chi connectivity index (χ0) is 22.2. The highest BCUT2D eigenvalue weighted by Gasteiger charge is 2.30. The number of hydrogen-bond donors (Lipinski definition) is 0. The lowest BCUT2D eigenvalue weighted by Crippen LogP contribution is -2.55. The Labute approximate surface area is 188 Å². The van der Waals surface area contributed by atoms with Crippen LogP contribution in [0.5, 0.6) is 0 Å². The summed E-state index contributed by atoms with van der Waals surface area (Å²) in [5.41, 5.74) is 0.153. The lowest BCUT2D eigenvalue weighted by molar-refractivity contribution is -0.0734. The van der Waals surface area contributed by atoms with Gasteiger partial charge in [-0.3, -0.25) is 4.90 Å². The molecule has 0 spiro atoms. The Morgan fingerprint density at radius 1 is 0.900 bits per heavy atom. The van der Waals surface area contributed by atoms with Gasteiger partial charge in [0.2, 0.25) is 0 Å². The maximum Gasteiger partial charge on any atom is 0.0639 e. The summed E-state index contributed by atoms with van der Waals surface area (Å²) >= 11 is 0. The second-order valence-corrected chi connectivity index (χ2v) is 10.9. The maximum atomic E-state index is 6.41. The molecule has 178 valence electrons. The molecule has 0 aromatic heterocycles. The molecule has 0 bridgehead atoms. The molecule has 0 unspecified atom stereocenters. The van der Waals surface area contributed by atoms with Crippen LogP contribution in [0.25, 0.3) is 0 Å². The lowest BCUT2D eigenvalue weighted by atomic mass is 9.95. The third-order valence-corrected chi connectivity index (χ3v) is 7.66. The van der Waals surface area contributed by atoms with Gasteiger partial charge in [0.25, 0.3) is 0 Å². The fraction of sp³-hybridized carbons (Fsp3) is 1.00. The fourth-order valence-electron chi connectivity index (χ4n) is 4.94. The molecule has 2 heterocycles. The molecule has 0 saturated carbocycles.